The number of carbonyl (C=O) groups is 3. The van der Waals surface area contributed by atoms with Crippen molar-refractivity contribution in [3.63, 3.8) is 0 Å². The van der Waals surface area contributed by atoms with Crippen LogP contribution in [0.3, 0.4) is 0 Å². The highest BCUT2D eigenvalue weighted by Gasteiger charge is 2.47. The van der Waals surface area contributed by atoms with Crippen molar-refractivity contribution in [1.29, 1.82) is 0 Å². The van der Waals surface area contributed by atoms with Gasteiger partial charge in [-0.3, -0.25) is 9.59 Å². The smallest absolute Gasteiger partial charge is 0.407 e. The number of halogens is 1. The Hall–Kier alpha value is -3.50. The van der Waals surface area contributed by atoms with E-state index in [4.69, 9.17) is 9.26 Å². The Bertz CT molecular complexity index is 1310. The zero-order chi connectivity index (χ0) is 32.1. The number of ether oxygens (including phenoxy) is 1. The van der Waals surface area contributed by atoms with Gasteiger partial charge in [-0.1, -0.05) is 37.3 Å². The van der Waals surface area contributed by atoms with Gasteiger partial charge >= 0.3 is 6.09 Å². The number of rotatable bonds is 8. The summed E-state index contributed by atoms with van der Waals surface area (Å²) < 4.78 is 24.6. The van der Waals surface area contributed by atoms with Gasteiger partial charge in [0, 0.05) is 23.7 Å². The van der Waals surface area contributed by atoms with E-state index in [0.717, 1.165) is 37.7 Å². The maximum Gasteiger partial charge on any atom is 0.407 e. The minimum atomic E-state index is -0.685. The highest BCUT2D eigenvalue weighted by molar-refractivity contribution is 5.98. The number of anilines is 1. The van der Waals surface area contributed by atoms with Crippen molar-refractivity contribution in [1.82, 2.24) is 20.4 Å². The minimum absolute atomic E-state index is 0.0194. The summed E-state index contributed by atoms with van der Waals surface area (Å²) in [4.78, 5) is 46.4. The van der Waals surface area contributed by atoms with Crippen LogP contribution in [0.2, 0.25) is 0 Å². The Morgan fingerprint density at radius 3 is 2.31 bits per heavy atom. The van der Waals surface area contributed by atoms with E-state index >= 15 is 0 Å². The SMILES string of the molecule is Cc1noc(-c2ccc(NC(=O)[C@@H]3[C@H](C4CCCCC4)CCN3C(=O)C3CCC([C@@H](CF)NC(=O)OC(C)(C)C)CC3)cc2)n1. The zero-order valence-electron chi connectivity index (χ0n) is 27.0. The van der Waals surface area contributed by atoms with Gasteiger partial charge in [-0.15, -0.1) is 0 Å². The van der Waals surface area contributed by atoms with Gasteiger partial charge in [-0.25, -0.2) is 9.18 Å². The molecule has 246 valence electrons. The molecule has 0 radical (unpaired) electrons. The molecule has 2 heterocycles. The van der Waals surface area contributed by atoms with Crippen molar-refractivity contribution in [2.24, 2.45) is 23.7 Å². The van der Waals surface area contributed by atoms with Crippen LogP contribution in [0.5, 0.6) is 0 Å². The number of benzene rings is 1. The van der Waals surface area contributed by atoms with Crippen LogP contribution in [0.4, 0.5) is 14.9 Å². The summed E-state index contributed by atoms with van der Waals surface area (Å²) in [5, 5.41) is 9.63. The number of aromatic nitrogens is 2. The molecule has 11 heteroatoms. The van der Waals surface area contributed by atoms with Gasteiger partial charge in [0.1, 0.15) is 18.3 Å². The van der Waals surface area contributed by atoms with Crippen molar-refractivity contribution in [3.05, 3.63) is 30.1 Å². The maximum absolute atomic E-state index is 14.0. The second-order valence-electron chi connectivity index (χ2n) is 14.1. The molecule has 2 saturated carbocycles. The van der Waals surface area contributed by atoms with Crippen molar-refractivity contribution >= 4 is 23.6 Å². The van der Waals surface area contributed by atoms with E-state index < -0.39 is 30.5 Å². The van der Waals surface area contributed by atoms with E-state index in [1.807, 2.05) is 29.2 Å². The molecule has 0 unspecified atom stereocenters. The molecule has 1 aromatic carbocycles. The normalized spacial score (nSPS) is 25.0. The zero-order valence-corrected chi connectivity index (χ0v) is 27.0. The predicted molar refractivity (Wildman–Crippen MR) is 168 cm³/mol. The van der Waals surface area contributed by atoms with Gasteiger partial charge in [-0.2, -0.15) is 4.98 Å². The first-order valence-corrected chi connectivity index (χ1v) is 16.6. The predicted octanol–water partition coefficient (Wildman–Crippen LogP) is 6.45. The van der Waals surface area contributed by atoms with Crippen LogP contribution in [-0.2, 0) is 14.3 Å². The molecule has 1 aromatic heterocycles. The Labute approximate surface area is 265 Å². The van der Waals surface area contributed by atoms with Crippen LogP contribution >= 0.6 is 0 Å². The topological polar surface area (TPSA) is 127 Å². The average Bonchev–Trinajstić information content (AvgIpc) is 3.66. The molecule has 2 aliphatic carbocycles. The quantitative estimate of drug-likeness (QED) is 0.345. The van der Waals surface area contributed by atoms with E-state index in [0.29, 0.717) is 55.5 Å². The molecule has 0 spiro atoms. The van der Waals surface area contributed by atoms with Crippen molar-refractivity contribution in [3.8, 4) is 11.5 Å². The molecule has 3 aliphatic rings. The van der Waals surface area contributed by atoms with E-state index in [1.165, 1.54) is 6.42 Å². The van der Waals surface area contributed by atoms with E-state index in [9.17, 15) is 18.8 Å². The molecule has 10 nitrogen and oxygen atoms in total. The molecule has 45 heavy (non-hydrogen) atoms. The van der Waals surface area contributed by atoms with Gasteiger partial charge in [0.2, 0.25) is 11.8 Å². The molecule has 5 rings (SSSR count). The molecular formula is C34H48FN5O5. The van der Waals surface area contributed by atoms with Crippen LogP contribution in [0.25, 0.3) is 11.5 Å². The molecule has 0 bridgehead atoms. The molecule has 3 atom stereocenters. The summed E-state index contributed by atoms with van der Waals surface area (Å²) >= 11 is 0. The first kappa shape index (κ1) is 32.9. The number of hydrogen-bond acceptors (Lipinski definition) is 7. The number of likely N-dealkylation sites (tertiary alicyclic amines) is 1. The molecular weight excluding hydrogens is 577 g/mol. The van der Waals surface area contributed by atoms with E-state index in [2.05, 4.69) is 20.8 Å². The minimum Gasteiger partial charge on any atom is -0.444 e. The molecule has 3 fully saturated rings. The third-order valence-electron chi connectivity index (χ3n) is 9.74. The number of nitrogens with one attached hydrogen (secondary N) is 2. The fourth-order valence-electron chi connectivity index (χ4n) is 7.53. The molecule has 3 amide bonds. The number of nitrogens with zero attached hydrogens (tertiary/aromatic N) is 3. The Balaban J connectivity index is 1.24. The van der Waals surface area contributed by atoms with Crippen molar-refractivity contribution in [2.45, 2.75) is 110 Å². The second kappa shape index (κ2) is 14.3. The number of carbonyl (C=O) groups excluding carboxylic acids is 3. The highest BCUT2D eigenvalue weighted by Crippen LogP contribution is 2.41. The van der Waals surface area contributed by atoms with Crippen molar-refractivity contribution < 1.29 is 28.0 Å². The fourth-order valence-corrected chi connectivity index (χ4v) is 7.53. The third-order valence-corrected chi connectivity index (χ3v) is 9.74. The first-order valence-electron chi connectivity index (χ1n) is 16.6. The summed E-state index contributed by atoms with van der Waals surface area (Å²) in [5.41, 5.74) is 0.746. The lowest BCUT2D eigenvalue weighted by Gasteiger charge is -2.37. The van der Waals surface area contributed by atoms with Gasteiger partial charge in [0.25, 0.3) is 5.89 Å². The first-order chi connectivity index (χ1) is 21.5. The maximum atomic E-state index is 14.0. The second-order valence-corrected chi connectivity index (χ2v) is 14.1. The summed E-state index contributed by atoms with van der Waals surface area (Å²) in [6.45, 7) is 6.96. The Morgan fingerprint density at radius 1 is 1.02 bits per heavy atom. The number of hydrogen-bond donors (Lipinski definition) is 2. The summed E-state index contributed by atoms with van der Waals surface area (Å²) in [6.07, 6.45) is 8.40. The van der Waals surface area contributed by atoms with Crippen LogP contribution in [-0.4, -0.2) is 63.9 Å². The van der Waals surface area contributed by atoms with Crippen LogP contribution in [0, 0.1) is 30.6 Å². The number of alkyl halides is 1. The van der Waals surface area contributed by atoms with Crippen LogP contribution in [0.1, 0.15) is 90.8 Å². The van der Waals surface area contributed by atoms with Crippen LogP contribution in [0.15, 0.2) is 28.8 Å². The van der Waals surface area contributed by atoms with Gasteiger partial charge in [0.05, 0.1) is 6.04 Å². The largest absolute Gasteiger partial charge is 0.444 e. The lowest BCUT2D eigenvalue weighted by Crippen LogP contribution is -2.50. The van der Waals surface area contributed by atoms with Gasteiger partial charge in [0.15, 0.2) is 5.82 Å². The number of aryl methyl sites for hydroxylation is 1. The average molecular weight is 626 g/mol. The monoisotopic (exact) mass is 625 g/mol. The Morgan fingerprint density at radius 2 is 1.71 bits per heavy atom. The summed E-state index contributed by atoms with van der Waals surface area (Å²) in [7, 11) is 0. The number of alkyl carbamates (subject to hydrolysis) is 1. The van der Waals surface area contributed by atoms with E-state index in [-0.39, 0.29) is 29.6 Å². The molecule has 2 aromatic rings. The van der Waals surface area contributed by atoms with Gasteiger partial charge < -0.3 is 24.8 Å². The number of amides is 3. The Kier molecular flexibility index (Phi) is 10.4. The summed E-state index contributed by atoms with van der Waals surface area (Å²) in [6, 6.07) is 6.13. The van der Waals surface area contributed by atoms with E-state index in [1.54, 1.807) is 27.7 Å². The lowest BCUT2D eigenvalue weighted by atomic mass is 9.76. The lowest BCUT2D eigenvalue weighted by molar-refractivity contribution is -0.142. The van der Waals surface area contributed by atoms with Crippen LogP contribution < -0.4 is 10.6 Å². The third kappa shape index (κ3) is 8.21. The molecule has 1 aliphatic heterocycles. The highest BCUT2D eigenvalue weighted by atomic mass is 19.1. The summed E-state index contributed by atoms with van der Waals surface area (Å²) in [5.74, 6) is 1.10. The molecule has 1 saturated heterocycles. The van der Waals surface area contributed by atoms with Crippen molar-refractivity contribution in [2.75, 3.05) is 18.5 Å². The standard InChI is InChI=1S/C34H48FN5O5/c1-21-36-31(45-39-21)24-14-16-26(17-15-24)37-30(41)29-27(22-8-6-5-7-9-22)18-19-40(29)32(42)25-12-10-23(11-13-25)28(20-35)38-33(43)44-34(2,3)4/h14-17,22-23,25,27-29H,5-13,18-20H2,1-4H3,(H,37,41)(H,38,43)/t23?,25?,27-,28+,29-/m0/s1. The fraction of sp³-hybridized carbons (Fsp3) is 0.676. The van der Waals surface area contributed by atoms with Gasteiger partial charge in [-0.05, 0) is 102 Å². The molecule has 2 N–H and O–H groups in total.